The van der Waals surface area contributed by atoms with Gasteiger partial charge in [0.2, 0.25) is 0 Å². The van der Waals surface area contributed by atoms with Gasteiger partial charge in [0.15, 0.2) is 0 Å². The van der Waals surface area contributed by atoms with Crippen molar-refractivity contribution in [2.24, 2.45) is 0 Å². The first-order valence-electron chi connectivity index (χ1n) is 7.86. The minimum atomic E-state index is -1.14. The second kappa shape index (κ2) is 9.14. The van der Waals surface area contributed by atoms with Gasteiger partial charge in [0.05, 0.1) is 20.8 Å². The first-order valence-corrected chi connectivity index (χ1v) is 11.4. The summed E-state index contributed by atoms with van der Waals surface area (Å²) < 4.78 is 6.11. The fraction of sp³-hybridized carbons (Fsp3) is 0.556. The minimum absolute atomic E-state index is 0.272. The van der Waals surface area contributed by atoms with Crippen molar-refractivity contribution in [3.63, 3.8) is 0 Å². The lowest BCUT2D eigenvalue weighted by atomic mass is 10.1. The average Bonchev–Trinajstić information content (AvgIpc) is 2.41. The molecule has 0 aromatic heterocycles. The van der Waals surface area contributed by atoms with Crippen LogP contribution in [0.3, 0.4) is 0 Å². The van der Waals surface area contributed by atoms with Crippen LogP contribution in [0.2, 0.25) is 19.6 Å². The molecule has 1 rings (SSSR count). The van der Waals surface area contributed by atoms with Gasteiger partial charge in [0, 0.05) is 0 Å². The third-order valence-electron chi connectivity index (χ3n) is 3.21. The fourth-order valence-electron chi connectivity index (χ4n) is 2.00. The lowest BCUT2D eigenvalue weighted by molar-refractivity contribution is 0.0649. The molecule has 0 radical (unpaired) electrons. The maximum atomic E-state index is 6.11. The molecule has 0 amide bonds. The van der Waals surface area contributed by atoms with Crippen LogP contribution in [0.5, 0.6) is 0 Å². The zero-order chi connectivity index (χ0) is 14.8. The highest BCUT2D eigenvalue weighted by Crippen LogP contribution is 2.13. The highest BCUT2D eigenvalue weighted by Gasteiger charge is 2.11. The SMILES string of the molecule is CCCCC[C@@H](/C=C/[Si](C)(C)C)OCc1ccccc1. The number of benzene rings is 1. The smallest absolute Gasteiger partial charge is 0.0756 e. The van der Waals surface area contributed by atoms with E-state index in [-0.39, 0.29) is 6.10 Å². The summed E-state index contributed by atoms with van der Waals surface area (Å²) in [4.78, 5) is 0. The average molecular weight is 291 g/mol. The molecule has 1 atom stereocenters. The molecule has 0 saturated heterocycles. The van der Waals surface area contributed by atoms with Gasteiger partial charge in [-0.3, -0.25) is 0 Å². The Balaban J connectivity index is 2.51. The van der Waals surface area contributed by atoms with E-state index >= 15 is 0 Å². The lowest BCUT2D eigenvalue weighted by Crippen LogP contribution is -2.18. The Morgan fingerprint density at radius 3 is 2.40 bits per heavy atom. The van der Waals surface area contributed by atoms with Gasteiger partial charge in [-0.1, -0.05) is 87.9 Å². The van der Waals surface area contributed by atoms with E-state index in [9.17, 15) is 0 Å². The monoisotopic (exact) mass is 290 g/mol. The first-order chi connectivity index (χ1) is 9.51. The molecule has 112 valence electrons. The van der Waals surface area contributed by atoms with Crippen LogP contribution in [-0.2, 0) is 11.3 Å². The maximum Gasteiger partial charge on any atom is 0.0756 e. The van der Waals surface area contributed by atoms with Crippen molar-refractivity contribution in [3.8, 4) is 0 Å². The van der Waals surface area contributed by atoms with Gasteiger partial charge in [0.25, 0.3) is 0 Å². The third-order valence-corrected chi connectivity index (χ3v) is 4.40. The third kappa shape index (κ3) is 8.34. The van der Waals surface area contributed by atoms with Crippen LogP contribution in [0.25, 0.3) is 0 Å². The predicted octanol–water partition coefficient (Wildman–Crippen LogP) is 5.59. The molecule has 0 bridgehead atoms. The van der Waals surface area contributed by atoms with Crippen molar-refractivity contribution in [1.82, 2.24) is 0 Å². The molecular weight excluding hydrogens is 260 g/mol. The molecule has 0 N–H and O–H groups in total. The number of rotatable bonds is 9. The van der Waals surface area contributed by atoms with Crippen molar-refractivity contribution in [3.05, 3.63) is 47.7 Å². The molecule has 0 aliphatic rings. The van der Waals surface area contributed by atoms with Crippen LogP contribution >= 0.6 is 0 Å². The summed E-state index contributed by atoms with van der Waals surface area (Å²) in [7, 11) is -1.14. The van der Waals surface area contributed by atoms with E-state index in [4.69, 9.17) is 4.74 Å². The van der Waals surface area contributed by atoms with Crippen molar-refractivity contribution in [2.75, 3.05) is 0 Å². The molecule has 0 aliphatic heterocycles. The van der Waals surface area contributed by atoms with Crippen LogP contribution in [0.1, 0.15) is 38.2 Å². The van der Waals surface area contributed by atoms with Crippen LogP contribution in [0.4, 0.5) is 0 Å². The molecule has 0 fully saturated rings. The molecule has 0 spiro atoms. The number of ether oxygens (including phenoxy) is 1. The predicted molar refractivity (Wildman–Crippen MR) is 91.6 cm³/mol. The zero-order valence-corrected chi connectivity index (χ0v) is 14.6. The summed E-state index contributed by atoms with van der Waals surface area (Å²) >= 11 is 0. The number of unbranched alkanes of at least 4 members (excludes halogenated alkanes) is 2. The Kier molecular flexibility index (Phi) is 7.86. The Morgan fingerprint density at radius 1 is 1.10 bits per heavy atom. The summed E-state index contributed by atoms with van der Waals surface area (Å²) in [6.45, 7) is 10.1. The topological polar surface area (TPSA) is 9.23 Å². The van der Waals surface area contributed by atoms with Crippen LogP contribution in [-0.4, -0.2) is 14.2 Å². The summed E-state index contributed by atoms with van der Waals surface area (Å²) in [5.74, 6) is 0. The van der Waals surface area contributed by atoms with E-state index in [1.54, 1.807) is 0 Å². The van der Waals surface area contributed by atoms with Crippen molar-refractivity contribution >= 4 is 8.07 Å². The highest BCUT2D eigenvalue weighted by molar-refractivity contribution is 6.80. The molecule has 1 nitrogen and oxygen atoms in total. The number of hydrogen-bond donors (Lipinski definition) is 0. The largest absolute Gasteiger partial charge is 0.369 e. The lowest BCUT2D eigenvalue weighted by Gasteiger charge is -2.17. The van der Waals surface area contributed by atoms with E-state index in [2.05, 4.69) is 62.6 Å². The zero-order valence-electron chi connectivity index (χ0n) is 13.6. The number of hydrogen-bond acceptors (Lipinski definition) is 1. The van der Waals surface area contributed by atoms with E-state index < -0.39 is 8.07 Å². The van der Waals surface area contributed by atoms with Crippen molar-refractivity contribution in [2.45, 2.75) is 65.0 Å². The van der Waals surface area contributed by atoms with Gasteiger partial charge < -0.3 is 4.74 Å². The van der Waals surface area contributed by atoms with Crippen molar-refractivity contribution in [1.29, 1.82) is 0 Å². The fourth-order valence-corrected chi connectivity index (χ4v) is 2.80. The summed E-state index contributed by atoms with van der Waals surface area (Å²) in [6.07, 6.45) is 7.54. The highest BCUT2D eigenvalue weighted by atomic mass is 28.3. The summed E-state index contributed by atoms with van der Waals surface area (Å²) in [6, 6.07) is 10.5. The Labute approximate surface area is 126 Å². The molecule has 20 heavy (non-hydrogen) atoms. The van der Waals surface area contributed by atoms with Gasteiger partial charge >= 0.3 is 0 Å². The molecule has 0 aliphatic carbocycles. The van der Waals surface area contributed by atoms with Gasteiger partial charge in [0.1, 0.15) is 0 Å². The standard InChI is InChI=1S/C18H30OSi/c1-5-6-8-13-18(14-15-20(2,3)4)19-16-17-11-9-7-10-12-17/h7,9-12,14-15,18H,5-6,8,13,16H2,1-4H3/b15-14+/t18-/m0/s1. The van der Waals surface area contributed by atoms with Gasteiger partial charge in [-0.25, -0.2) is 0 Å². The molecular formula is C18H30OSi. The molecule has 0 heterocycles. The summed E-state index contributed by atoms with van der Waals surface area (Å²) in [5, 5.41) is 0. The normalized spacial score (nSPS) is 13.8. The van der Waals surface area contributed by atoms with Crippen molar-refractivity contribution < 1.29 is 4.74 Å². The molecule has 1 aromatic rings. The van der Waals surface area contributed by atoms with Crippen LogP contribution < -0.4 is 0 Å². The van der Waals surface area contributed by atoms with E-state index in [1.165, 1.54) is 24.8 Å². The second-order valence-electron chi connectivity index (χ2n) is 6.56. The maximum absolute atomic E-state index is 6.11. The van der Waals surface area contributed by atoms with Gasteiger partial charge in [-0.15, -0.1) is 0 Å². The van der Waals surface area contributed by atoms with Crippen LogP contribution in [0, 0.1) is 0 Å². The summed E-state index contributed by atoms with van der Waals surface area (Å²) in [5.41, 5.74) is 3.67. The van der Waals surface area contributed by atoms with E-state index in [1.807, 2.05) is 6.07 Å². The molecule has 0 saturated carbocycles. The molecule has 0 unspecified atom stereocenters. The van der Waals surface area contributed by atoms with E-state index in [0.717, 1.165) is 6.42 Å². The first kappa shape index (κ1) is 17.2. The Morgan fingerprint density at radius 2 is 1.80 bits per heavy atom. The van der Waals surface area contributed by atoms with Gasteiger partial charge in [-0.2, -0.15) is 0 Å². The Hall–Kier alpha value is -0.863. The van der Waals surface area contributed by atoms with Gasteiger partial charge in [-0.05, 0) is 12.0 Å². The Bertz CT molecular complexity index is 378. The van der Waals surface area contributed by atoms with Crippen LogP contribution in [0.15, 0.2) is 42.1 Å². The quantitative estimate of drug-likeness (QED) is 0.426. The minimum Gasteiger partial charge on any atom is -0.369 e. The van der Waals surface area contributed by atoms with E-state index in [0.29, 0.717) is 6.61 Å². The molecule has 1 aromatic carbocycles. The second-order valence-corrected chi connectivity index (χ2v) is 11.6. The molecule has 2 heteroatoms.